The van der Waals surface area contributed by atoms with Crippen molar-refractivity contribution >= 4 is 29.3 Å². The number of nitriles is 1. The van der Waals surface area contributed by atoms with Crippen LogP contribution in [0.4, 0.5) is 5.69 Å². The number of hydrogen-bond acceptors (Lipinski definition) is 4. The lowest BCUT2D eigenvalue weighted by Crippen LogP contribution is -2.14. The van der Waals surface area contributed by atoms with E-state index in [1.807, 2.05) is 52.8 Å². The van der Waals surface area contributed by atoms with Crippen molar-refractivity contribution in [2.24, 2.45) is 0 Å². The Bertz CT molecular complexity index is 975. The third-order valence-electron chi connectivity index (χ3n) is 4.21. The zero-order chi connectivity index (χ0) is 21.6. The van der Waals surface area contributed by atoms with Crippen molar-refractivity contribution in [1.82, 2.24) is 0 Å². The van der Waals surface area contributed by atoms with Crippen LogP contribution < -0.4 is 14.8 Å². The average Bonchev–Trinajstić information content (AvgIpc) is 2.66. The van der Waals surface area contributed by atoms with Gasteiger partial charge in [0.1, 0.15) is 11.6 Å². The number of amides is 1. The van der Waals surface area contributed by atoms with E-state index in [1.165, 1.54) is 6.08 Å². The normalized spacial score (nSPS) is 11.2. The first-order chi connectivity index (χ1) is 13.8. The van der Waals surface area contributed by atoms with Gasteiger partial charge in [-0.2, -0.15) is 5.26 Å². The van der Waals surface area contributed by atoms with Crippen LogP contribution in [0.5, 0.6) is 11.5 Å². The van der Waals surface area contributed by atoms with E-state index in [2.05, 4.69) is 5.32 Å². The molecule has 152 valence electrons. The first-order valence-electron chi connectivity index (χ1n) is 9.39. The minimum atomic E-state index is -0.488. The molecule has 29 heavy (non-hydrogen) atoms. The van der Waals surface area contributed by atoms with Crippen molar-refractivity contribution in [2.45, 2.75) is 40.7 Å². The van der Waals surface area contributed by atoms with Gasteiger partial charge in [0.15, 0.2) is 11.5 Å². The number of anilines is 1. The molecule has 0 spiro atoms. The summed E-state index contributed by atoms with van der Waals surface area (Å²) in [6, 6.07) is 10.9. The zero-order valence-electron chi connectivity index (χ0n) is 17.3. The van der Waals surface area contributed by atoms with Crippen LogP contribution >= 0.6 is 11.6 Å². The summed E-state index contributed by atoms with van der Waals surface area (Å²) in [7, 11) is 0. The molecule has 2 rings (SSSR count). The Hall–Kier alpha value is -2.97. The molecule has 0 heterocycles. The Morgan fingerprint density at radius 2 is 2.03 bits per heavy atom. The number of carbonyl (C=O) groups is 1. The van der Waals surface area contributed by atoms with Crippen molar-refractivity contribution in [2.75, 3.05) is 11.9 Å². The Balaban J connectivity index is 2.37. The number of benzene rings is 2. The molecule has 5 nitrogen and oxygen atoms in total. The molecule has 0 aliphatic carbocycles. The monoisotopic (exact) mass is 412 g/mol. The van der Waals surface area contributed by atoms with Gasteiger partial charge in [-0.3, -0.25) is 4.79 Å². The van der Waals surface area contributed by atoms with Crippen LogP contribution in [0.3, 0.4) is 0 Å². The standard InChI is InChI=1S/C23H25ClN2O3/c1-6-28-21-12-17(11-19(24)22(21)29-14(2)3)10-18(13-25)23(27)26-20-9-7-8-15(4)16(20)5/h7-12,14H,6H2,1-5H3,(H,26,27)/b18-10+. The molecule has 0 saturated carbocycles. The minimum absolute atomic E-state index is 0.0399. The van der Waals surface area contributed by atoms with Crippen molar-refractivity contribution < 1.29 is 14.3 Å². The highest BCUT2D eigenvalue weighted by molar-refractivity contribution is 6.32. The second kappa shape index (κ2) is 9.99. The molecule has 0 unspecified atom stereocenters. The quantitative estimate of drug-likeness (QED) is 0.468. The third-order valence-corrected chi connectivity index (χ3v) is 4.49. The van der Waals surface area contributed by atoms with Gasteiger partial charge in [-0.1, -0.05) is 23.7 Å². The molecule has 0 radical (unpaired) electrons. The topological polar surface area (TPSA) is 71.3 Å². The van der Waals surface area contributed by atoms with Gasteiger partial charge in [0, 0.05) is 5.69 Å². The number of rotatable bonds is 7. The summed E-state index contributed by atoms with van der Waals surface area (Å²) < 4.78 is 11.4. The minimum Gasteiger partial charge on any atom is -0.490 e. The molecule has 2 aromatic rings. The molecule has 0 fully saturated rings. The molecule has 0 atom stereocenters. The van der Waals surface area contributed by atoms with Gasteiger partial charge < -0.3 is 14.8 Å². The summed E-state index contributed by atoms with van der Waals surface area (Å²) in [5.74, 6) is 0.420. The molecular formula is C23H25ClN2O3. The van der Waals surface area contributed by atoms with Crippen LogP contribution in [0.25, 0.3) is 6.08 Å². The van der Waals surface area contributed by atoms with Gasteiger partial charge in [-0.25, -0.2) is 0 Å². The van der Waals surface area contributed by atoms with E-state index in [0.29, 0.717) is 34.4 Å². The molecule has 0 aliphatic rings. The van der Waals surface area contributed by atoms with Crippen LogP contribution in [0.2, 0.25) is 5.02 Å². The van der Waals surface area contributed by atoms with Crippen molar-refractivity contribution in [1.29, 1.82) is 5.26 Å². The highest BCUT2D eigenvalue weighted by Crippen LogP contribution is 2.38. The largest absolute Gasteiger partial charge is 0.490 e. The van der Waals surface area contributed by atoms with Gasteiger partial charge in [-0.15, -0.1) is 0 Å². The molecule has 1 N–H and O–H groups in total. The first kappa shape index (κ1) is 22.3. The maximum absolute atomic E-state index is 12.6. The lowest BCUT2D eigenvalue weighted by Gasteiger charge is -2.16. The van der Waals surface area contributed by atoms with Crippen molar-refractivity contribution in [3.8, 4) is 17.6 Å². The van der Waals surface area contributed by atoms with Crippen LogP contribution in [-0.4, -0.2) is 18.6 Å². The van der Waals surface area contributed by atoms with Gasteiger partial charge in [0.25, 0.3) is 5.91 Å². The van der Waals surface area contributed by atoms with E-state index in [0.717, 1.165) is 11.1 Å². The van der Waals surface area contributed by atoms with Crippen LogP contribution in [0.15, 0.2) is 35.9 Å². The molecule has 2 aromatic carbocycles. The second-order valence-electron chi connectivity index (χ2n) is 6.80. The zero-order valence-corrected chi connectivity index (χ0v) is 18.1. The predicted molar refractivity (Wildman–Crippen MR) is 117 cm³/mol. The van der Waals surface area contributed by atoms with Crippen molar-refractivity contribution in [3.05, 3.63) is 57.6 Å². The number of carbonyl (C=O) groups excluding carboxylic acids is 1. The lowest BCUT2D eigenvalue weighted by molar-refractivity contribution is -0.112. The number of ether oxygens (including phenoxy) is 2. The highest BCUT2D eigenvalue weighted by atomic mass is 35.5. The van der Waals surface area contributed by atoms with Crippen LogP contribution in [0, 0.1) is 25.2 Å². The Labute approximate surface area is 176 Å². The summed E-state index contributed by atoms with van der Waals surface area (Å²) in [4.78, 5) is 12.6. The molecular weight excluding hydrogens is 388 g/mol. The number of nitrogens with one attached hydrogen (secondary N) is 1. The van der Waals surface area contributed by atoms with Gasteiger partial charge in [0.05, 0.1) is 17.7 Å². The van der Waals surface area contributed by atoms with E-state index in [9.17, 15) is 10.1 Å². The van der Waals surface area contributed by atoms with Gasteiger partial charge in [0.2, 0.25) is 0 Å². The van der Waals surface area contributed by atoms with Crippen LogP contribution in [-0.2, 0) is 4.79 Å². The smallest absolute Gasteiger partial charge is 0.266 e. The van der Waals surface area contributed by atoms with E-state index in [4.69, 9.17) is 21.1 Å². The summed E-state index contributed by atoms with van der Waals surface area (Å²) in [5.41, 5.74) is 3.21. The number of aryl methyl sites for hydroxylation is 1. The summed E-state index contributed by atoms with van der Waals surface area (Å²) >= 11 is 6.37. The SMILES string of the molecule is CCOc1cc(/C=C(\C#N)C(=O)Nc2cccc(C)c2C)cc(Cl)c1OC(C)C. The maximum Gasteiger partial charge on any atom is 0.266 e. The maximum atomic E-state index is 12.6. The summed E-state index contributed by atoms with van der Waals surface area (Å²) in [6.07, 6.45) is 1.40. The molecule has 6 heteroatoms. The number of halogens is 1. The molecule has 0 saturated heterocycles. The summed E-state index contributed by atoms with van der Waals surface area (Å²) in [5, 5.41) is 12.7. The molecule has 0 bridgehead atoms. The first-order valence-corrected chi connectivity index (χ1v) is 9.77. The van der Waals surface area contributed by atoms with Gasteiger partial charge in [-0.05, 0) is 75.6 Å². The van der Waals surface area contributed by atoms with E-state index in [1.54, 1.807) is 18.2 Å². The van der Waals surface area contributed by atoms with E-state index < -0.39 is 5.91 Å². The third kappa shape index (κ3) is 5.75. The van der Waals surface area contributed by atoms with Crippen LogP contribution in [0.1, 0.15) is 37.5 Å². The number of nitrogens with zero attached hydrogens (tertiary/aromatic N) is 1. The molecule has 0 aromatic heterocycles. The average molecular weight is 413 g/mol. The molecule has 1 amide bonds. The Kier molecular flexibility index (Phi) is 7.69. The second-order valence-corrected chi connectivity index (χ2v) is 7.21. The van der Waals surface area contributed by atoms with E-state index in [-0.39, 0.29) is 11.7 Å². The number of hydrogen-bond donors (Lipinski definition) is 1. The molecule has 0 aliphatic heterocycles. The fourth-order valence-corrected chi connectivity index (χ4v) is 2.94. The highest BCUT2D eigenvalue weighted by Gasteiger charge is 2.16. The van der Waals surface area contributed by atoms with Gasteiger partial charge >= 0.3 is 0 Å². The fourth-order valence-electron chi connectivity index (χ4n) is 2.68. The summed E-state index contributed by atoms with van der Waals surface area (Å²) in [6.45, 7) is 9.95. The van der Waals surface area contributed by atoms with Crippen molar-refractivity contribution in [3.63, 3.8) is 0 Å². The lowest BCUT2D eigenvalue weighted by atomic mass is 10.1. The Morgan fingerprint density at radius 1 is 1.31 bits per heavy atom. The fraction of sp³-hybridized carbons (Fsp3) is 0.304. The van der Waals surface area contributed by atoms with E-state index >= 15 is 0 Å². The Morgan fingerprint density at radius 3 is 2.66 bits per heavy atom. The predicted octanol–water partition coefficient (Wildman–Crippen LogP) is 5.69.